The van der Waals surface area contributed by atoms with Gasteiger partial charge in [0.2, 0.25) is 0 Å². The Morgan fingerprint density at radius 1 is 1.24 bits per heavy atom. The van der Waals surface area contributed by atoms with Crippen molar-refractivity contribution in [3.63, 3.8) is 0 Å². The Hall–Kier alpha value is -2.90. The number of aryl methyl sites for hydroxylation is 1. The van der Waals surface area contributed by atoms with Crippen LogP contribution in [0.15, 0.2) is 24.3 Å². The molecule has 2 atom stereocenters. The van der Waals surface area contributed by atoms with Gasteiger partial charge in [-0.2, -0.15) is 0 Å². The number of esters is 1. The SMILES string of the molecule is C[C@]1(C2CC2)NC(=O)N(CC(=O)OCC(=O)N[C@@H]2CCCc3ccccc32)C1=O. The number of imide groups is 1. The molecule has 29 heavy (non-hydrogen) atoms. The molecule has 1 saturated heterocycles. The molecular weight excluding hydrogens is 374 g/mol. The standard InChI is InChI=1S/C21H25N3O5/c1-21(14-9-10-14)19(27)24(20(28)23-21)11-18(26)29-12-17(25)22-16-8-4-6-13-5-2-3-7-15(13)16/h2-3,5,7,14,16H,4,6,8-12H2,1H3,(H,22,25)(H,23,28)/t16-,21-/m1/s1. The van der Waals surface area contributed by atoms with Gasteiger partial charge in [0.05, 0.1) is 6.04 Å². The summed E-state index contributed by atoms with van der Waals surface area (Å²) in [5, 5.41) is 5.58. The summed E-state index contributed by atoms with van der Waals surface area (Å²) in [5.74, 6) is -1.48. The zero-order chi connectivity index (χ0) is 20.6. The first-order chi connectivity index (χ1) is 13.9. The van der Waals surface area contributed by atoms with Gasteiger partial charge in [-0.25, -0.2) is 4.79 Å². The van der Waals surface area contributed by atoms with E-state index in [4.69, 9.17) is 4.74 Å². The number of ether oxygens (including phenoxy) is 1. The zero-order valence-electron chi connectivity index (χ0n) is 16.4. The number of rotatable bonds is 6. The van der Waals surface area contributed by atoms with E-state index in [2.05, 4.69) is 16.7 Å². The first kappa shape index (κ1) is 19.4. The van der Waals surface area contributed by atoms with Gasteiger partial charge < -0.3 is 15.4 Å². The third-order valence-electron chi connectivity index (χ3n) is 6.05. The third kappa shape index (κ3) is 3.83. The van der Waals surface area contributed by atoms with E-state index in [0.29, 0.717) is 0 Å². The quantitative estimate of drug-likeness (QED) is 0.556. The molecule has 2 aliphatic carbocycles. The Morgan fingerprint density at radius 3 is 2.76 bits per heavy atom. The Bertz CT molecular complexity index is 866. The van der Waals surface area contributed by atoms with E-state index < -0.39 is 42.5 Å². The van der Waals surface area contributed by atoms with E-state index in [1.807, 2.05) is 18.2 Å². The smallest absolute Gasteiger partial charge is 0.326 e. The summed E-state index contributed by atoms with van der Waals surface area (Å²) in [4.78, 5) is 49.8. The van der Waals surface area contributed by atoms with Crippen LogP contribution in [0, 0.1) is 5.92 Å². The summed E-state index contributed by atoms with van der Waals surface area (Å²) in [6, 6.07) is 7.29. The molecule has 2 N–H and O–H groups in total. The predicted octanol–water partition coefficient (Wildman–Crippen LogP) is 1.44. The number of urea groups is 1. The first-order valence-electron chi connectivity index (χ1n) is 10.1. The summed E-state index contributed by atoms with van der Waals surface area (Å²) in [6.07, 6.45) is 4.56. The molecule has 2 fully saturated rings. The normalized spacial score (nSPS) is 26.0. The predicted molar refractivity (Wildman–Crippen MR) is 103 cm³/mol. The lowest BCUT2D eigenvalue weighted by Gasteiger charge is -2.26. The Kier molecular flexibility index (Phi) is 5.02. The van der Waals surface area contributed by atoms with Crippen LogP contribution in [-0.4, -0.2) is 47.4 Å². The van der Waals surface area contributed by atoms with Crippen molar-refractivity contribution in [3.05, 3.63) is 35.4 Å². The molecule has 1 aromatic rings. The summed E-state index contributed by atoms with van der Waals surface area (Å²) in [5.41, 5.74) is 1.37. The van der Waals surface area contributed by atoms with Crippen molar-refractivity contribution in [1.82, 2.24) is 15.5 Å². The van der Waals surface area contributed by atoms with Crippen molar-refractivity contribution in [2.45, 2.75) is 50.6 Å². The van der Waals surface area contributed by atoms with Crippen molar-refractivity contribution in [3.8, 4) is 0 Å². The van der Waals surface area contributed by atoms with E-state index in [0.717, 1.165) is 42.6 Å². The van der Waals surface area contributed by atoms with E-state index in [9.17, 15) is 19.2 Å². The van der Waals surface area contributed by atoms with E-state index in [-0.39, 0.29) is 12.0 Å². The Morgan fingerprint density at radius 2 is 2.00 bits per heavy atom. The maximum absolute atomic E-state index is 12.5. The second kappa shape index (κ2) is 7.50. The monoisotopic (exact) mass is 399 g/mol. The average Bonchev–Trinajstić information content (AvgIpc) is 3.53. The lowest BCUT2D eigenvalue weighted by Crippen LogP contribution is -2.46. The second-order valence-electron chi connectivity index (χ2n) is 8.17. The minimum Gasteiger partial charge on any atom is -0.454 e. The molecule has 1 aromatic carbocycles. The molecule has 0 bridgehead atoms. The summed E-state index contributed by atoms with van der Waals surface area (Å²) in [7, 11) is 0. The number of amides is 4. The fourth-order valence-corrected chi connectivity index (χ4v) is 4.26. The number of hydrogen-bond donors (Lipinski definition) is 2. The highest BCUT2D eigenvalue weighted by atomic mass is 16.5. The van der Waals surface area contributed by atoms with Crippen LogP contribution >= 0.6 is 0 Å². The molecule has 8 nitrogen and oxygen atoms in total. The van der Waals surface area contributed by atoms with Gasteiger partial charge >= 0.3 is 12.0 Å². The van der Waals surface area contributed by atoms with Crippen LogP contribution in [0.5, 0.6) is 0 Å². The molecule has 1 saturated carbocycles. The molecule has 3 aliphatic rings. The van der Waals surface area contributed by atoms with Gasteiger partial charge in [0, 0.05) is 0 Å². The van der Waals surface area contributed by atoms with E-state index in [1.54, 1.807) is 6.92 Å². The van der Waals surface area contributed by atoms with Crippen LogP contribution in [0.4, 0.5) is 4.79 Å². The number of fused-ring (bicyclic) bond motifs is 1. The molecule has 0 aromatic heterocycles. The number of carbonyl (C=O) groups is 4. The maximum Gasteiger partial charge on any atom is 0.326 e. The van der Waals surface area contributed by atoms with Gasteiger partial charge in [0.15, 0.2) is 6.61 Å². The van der Waals surface area contributed by atoms with Gasteiger partial charge in [-0.05, 0) is 56.1 Å². The van der Waals surface area contributed by atoms with Crippen molar-refractivity contribution >= 4 is 23.8 Å². The molecule has 4 rings (SSSR count). The molecule has 1 heterocycles. The molecule has 154 valence electrons. The highest BCUT2D eigenvalue weighted by molar-refractivity contribution is 6.08. The fraction of sp³-hybridized carbons (Fsp3) is 0.524. The minimum atomic E-state index is -0.941. The number of hydrogen-bond acceptors (Lipinski definition) is 5. The van der Waals surface area contributed by atoms with E-state index >= 15 is 0 Å². The molecule has 8 heteroatoms. The van der Waals surface area contributed by atoms with Crippen LogP contribution in [0.1, 0.15) is 49.8 Å². The van der Waals surface area contributed by atoms with Crippen molar-refractivity contribution in [2.75, 3.05) is 13.2 Å². The maximum atomic E-state index is 12.5. The first-order valence-corrected chi connectivity index (χ1v) is 10.1. The summed E-state index contributed by atoms with van der Waals surface area (Å²) >= 11 is 0. The van der Waals surface area contributed by atoms with Crippen LogP contribution in [-0.2, 0) is 25.5 Å². The van der Waals surface area contributed by atoms with Crippen LogP contribution < -0.4 is 10.6 Å². The van der Waals surface area contributed by atoms with Crippen LogP contribution in [0.2, 0.25) is 0 Å². The van der Waals surface area contributed by atoms with Crippen LogP contribution in [0.3, 0.4) is 0 Å². The van der Waals surface area contributed by atoms with Crippen molar-refractivity contribution < 1.29 is 23.9 Å². The molecule has 0 unspecified atom stereocenters. The van der Waals surface area contributed by atoms with Gasteiger partial charge in [-0.1, -0.05) is 24.3 Å². The topological polar surface area (TPSA) is 105 Å². The molecule has 0 radical (unpaired) electrons. The third-order valence-corrected chi connectivity index (χ3v) is 6.05. The van der Waals surface area contributed by atoms with Crippen LogP contribution in [0.25, 0.3) is 0 Å². The zero-order valence-corrected chi connectivity index (χ0v) is 16.4. The van der Waals surface area contributed by atoms with Gasteiger partial charge in [-0.15, -0.1) is 0 Å². The van der Waals surface area contributed by atoms with Crippen molar-refractivity contribution in [1.29, 1.82) is 0 Å². The van der Waals surface area contributed by atoms with Gasteiger partial charge in [0.25, 0.3) is 11.8 Å². The molecule has 0 spiro atoms. The largest absolute Gasteiger partial charge is 0.454 e. The van der Waals surface area contributed by atoms with Gasteiger partial charge in [-0.3, -0.25) is 19.3 Å². The Labute approximate surface area is 169 Å². The van der Waals surface area contributed by atoms with E-state index in [1.165, 1.54) is 5.56 Å². The lowest BCUT2D eigenvalue weighted by molar-refractivity contribution is -0.151. The fourth-order valence-electron chi connectivity index (χ4n) is 4.26. The average molecular weight is 399 g/mol. The summed E-state index contributed by atoms with van der Waals surface area (Å²) < 4.78 is 5.01. The second-order valence-corrected chi connectivity index (χ2v) is 8.17. The lowest BCUT2D eigenvalue weighted by atomic mass is 9.88. The number of carbonyl (C=O) groups excluding carboxylic acids is 4. The molecular formula is C21H25N3O5. The summed E-state index contributed by atoms with van der Waals surface area (Å²) in [6.45, 7) is 0.749. The van der Waals surface area contributed by atoms with Gasteiger partial charge in [0.1, 0.15) is 12.1 Å². The highest BCUT2D eigenvalue weighted by Crippen LogP contribution is 2.42. The minimum absolute atomic E-state index is 0.101. The molecule has 1 aliphatic heterocycles. The Balaban J connectivity index is 1.27. The molecule has 4 amide bonds. The number of nitrogens with zero attached hydrogens (tertiary/aromatic N) is 1. The number of benzene rings is 1. The highest BCUT2D eigenvalue weighted by Gasteiger charge is 2.56. The van der Waals surface area contributed by atoms with Crippen molar-refractivity contribution in [2.24, 2.45) is 5.92 Å². The number of nitrogens with one attached hydrogen (secondary N) is 2.